The lowest BCUT2D eigenvalue weighted by molar-refractivity contribution is -0.160. The molecule has 3 fully saturated rings. The van der Waals surface area contributed by atoms with E-state index in [2.05, 4.69) is 19.9 Å². The van der Waals surface area contributed by atoms with Gasteiger partial charge in [0.05, 0.1) is 0 Å². The zero-order valence-corrected chi connectivity index (χ0v) is 27.9. The fourth-order valence-corrected chi connectivity index (χ4v) is 10.1. The van der Waals surface area contributed by atoms with E-state index >= 15 is 0 Å². The second-order valence-corrected chi connectivity index (χ2v) is 14.4. The number of carbonyl (C=O) groups is 5. The molecule has 11 atom stereocenters. The van der Waals surface area contributed by atoms with E-state index in [1.54, 1.807) is 0 Å². The van der Waals surface area contributed by atoms with Crippen molar-refractivity contribution in [2.24, 2.45) is 40.9 Å². The van der Waals surface area contributed by atoms with Crippen LogP contribution in [0.5, 0.6) is 0 Å². The van der Waals surface area contributed by atoms with Gasteiger partial charge in [0.25, 0.3) is 0 Å². The molecule has 246 valence electrons. The highest BCUT2D eigenvalue weighted by Crippen LogP contribution is 2.65. The number of amides is 2. The van der Waals surface area contributed by atoms with Crippen LogP contribution in [0, 0.1) is 40.9 Å². The van der Waals surface area contributed by atoms with Gasteiger partial charge in [0.15, 0.2) is 0 Å². The van der Waals surface area contributed by atoms with Crippen LogP contribution in [0.4, 0.5) is 0 Å². The summed E-state index contributed by atoms with van der Waals surface area (Å²) in [7, 11) is 0. The van der Waals surface area contributed by atoms with Gasteiger partial charge in [-0.15, -0.1) is 0 Å². The molecule has 4 aliphatic rings. The number of hydrogen-bond donors (Lipinski definition) is 0. The van der Waals surface area contributed by atoms with E-state index in [4.69, 9.17) is 14.2 Å². The van der Waals surface area contributed by atoms with Gasteiger partial charge < -0.3 is 14.2 Å². The Morgan fingerprint density at radius 1 is 0.886 bits per heavy atom. The Hall–Kier alpha value is -2.71. The van der Waals surface area contributed by atoms with Crippen LogP contribution in [0.15, 0.2) is 11.6 Å². The van der Waals surface area contributed by atoms with E-state index in [0.29, 0.717) is 36.5 Å². The summed E-state index contributed by atoms with van der Waals surface area (Å²) in [6, 6.07) is -0.332. The smallest absolute Gasteiger partial charge is 0.302 e. The summed E-state index contributed by atoms with van der Waals surface area (Å²) >= 11 is 0. The quantitative estimate of drug-likeness (QED) is 0.182. The molecule has 0 saturated heterocycles. The van der Waals surface area contributed by atoms with Gasteiger partial charge in [0.2, 0.25) is 11.8 Å². The Balaban J connectivity index is 1.58. The van der Waals surface area contributed by atoms with Crippen molar-refractivity contribution in [1.29, 1.82) is 0 Å². The molecular formula is C35H53NO8. The second-order valence-electron chi connectivity index (χ2n) is 14.4. The second kappa shape index (κ2) is 13.7. The zero-order chi connectivity index (χ0) is 32.5. The molecule has 0 radical (unpaired) electrons. The fraction of sp³-hybridized carbons (Fsp3) is 0.800. The normalized spacial score (nSPS) is 34.5. The molecule has 0 heterocycles. The number of nitrogens with zero attached hydrogens (tertiary/aromatic N) is 1. The summed E-state index contributed by atoms with van der Waals surface area (Å²) in [5.41, 5.74) is 1.34. The molecule has 2 amide bonds. The molecule has 11 unspecified atom stereocenters. The van der Waals surface area contributed by atoms with Crippen LogP contribution in [0.3, 0.4) is 0 Å². The van der Waals surface area contributed by atoms with Gasteiger partial charge >= 0.3 is 17.9 Å². The molecule has 0 aromatic carbocycles. The number of esters is 3. The molecule has 3 saturated carbocycles. The number of imide groups is 1. The average Bonchev–Trinajstić information content (AvgIpc) is 3.20. The van der Waals surface area contributed by atoms with Gasteiger partial charge in [0, 0.05) is 53.0 Å². The summed E-state index contributed by atoms with van der Waals surface area (Å²) in [6.45, 7) is 13.5. The highest BCUT2D eigenvalue weighted by atomic mass is 16.6. The number of allylic oxidation sites excluding steroid dienone is 1. The van der Waals surface area contributed by atoms with E-state index < -0.39 is 6.10 Å². The Bertz CT molecular complexity index is 1150. The maximum absolute atomic E-state index is 12.4. The molecule has 0 aliphatic heterocycles. The largest absolute Gasteiger partial charge is 0.462 e. The van der Waals surface area contributed by atoms with Crippen LogP contribution >= 0.6 is 0 Å². The first-order chi connectivity index (χ1) is 20.6. The molecule has 9 nitrogen and oxygen atoms in total. The minimum absolute atomic E-state index is 0.00111. The molecule has 0 aromatic rings. The first kappa shape index (κ1) is 34.2. The maximum Gasteiger partial charge on any atom is 0.302 e. The van der Waals surface area contributed by atoms with Gasteiger partial charge in [-0.05, 0) is 93.3 Å². The van der Waals surface area contributed by atoms with Crippen molar-refractivity contribution in [1.82, 2.24) is 4.90 Å². The molecular weight excluding hydrogens is 562 g/mol. The lowest BCUT2D eigenvalue weighted by Crippen LogP contribution is -2.49. The van der Waals surface area contributed by atoms with Gasteiger partial charge in [-0.3, -0.25) is 28.9 Å². The van der Waals surface area contributed by atoms with Gasteiger partial charge in [-0.1, -0.05) is 25.5 Å². The minimum Gasteiger partial charge on any atom is -0.462 e. The third kappa shape index (κ3) is 7.07. The molecule has 0 aromatic heterocycles. The standard InChI is InChI=1S/C35H53NO8/c1-19(36(21(3)37)22(4)38)9-14-32(43-24(6)40)20(2)34-33(44-25(7)41)18-31-30-12-10-26-17-27(42-23(5)39)11-13-28(26)29(30)15-16-35(31,34)8/h10,19-20,27-34H,9,11-18H2,1-8H3. The Labute approximate surface area is 262 Å². The molecule has 0 bridgehead atoms. The first-order valence-electron chi connectivity index (χ1n) is 16.6. The average molecular weight is 616 g/mol. The number of fused-ring (bicyclic) bond motifs is 5. The van der Waals surface area contributed by atoms with E-state index in [9.17, 15) is 24.0 Å². The van der Waals surface area contributed by atoms with Gasteiger partial charge in [0.1, 0.15) is 18.3 Å². The minimum atomic E-state index is -0.443. The van der Waals surface area contributed by atoms with Crippen molar-refractivity contribution in [2.45, 2.75) is 138 Å². The van der Waals surface area contributed by atoms with E-state index in [-0.39, 0.29) is 65.2 Å². The molecule has 44 heavy (non-hydrogen) atoms. The van der Waals surface area contributed by atoms with Crippen molar-refractivity contribution in [3.8, 4) is 0 Å². The number of rotatable bonds is 9. The van der Waals surface area contributed by atoms with E-state index in [1.165, 1.54) is 45.1 Å². The highest BCUT2D eigenvalue weighted by Gasteiger charge is 2.62. The predicted molar refractivity (Wildman–Crippen MR) is 164 cm³/mol. The van der Waals surface area contributed by atoms with Crippen LogP contribution in [-0.2, 0) is 38.2 Å². The Morgan fingerprint density at radius 2 is 1.55 bits per heavy atom. The lowest BCUT2D eigenvalue weighted by Gasteiger charge is -2.54. The third-order valence-corrected chi connectivity index (χ3v) is 11.6. The number of ether oxygens (including phenoxy) is 3. The summed E-state index contributed by atoms with van der Waals surface area (Å²) in [5.74, 6) is 0.340. The van der Waals surface area contributed by atoms with Crippen molar-refractivity contribution >= 4 is 29.7 Å². The SMILES string of the molecule is CC(=O)OC1CCC2C(=CCC3C2CCC2(C)C3CC(OC(C)=O)C2C(C)C(CCC(C)N(C(C)=O)C(C)=O)OC(C)=O)C1. The van der Waals surface area contributed by atoms with Gasteiger partial charge in [-0.2, -0.15) is 0 Å². The molecule has 9 heteroatoms. The first-order valence-corrected chi connectivity index (χ1v) is 16.6. The van der Waals surface area contributed by atoms with E-state index in [0.717, 1.165) is 44.9 Å². The van der Waals surface area contributed by atoms with Crippen molar-refractivity contribution in [3.05, 3.63) is 11.6 Å². The summed E-state index contributed by atoms with van der Waals surface area (Å²) in [4.78, 5) is 61.9. The van der Waals surface area contributed by atoms with Crippen LogP contribution < -0.4 is 0 Å². The maximum atomic E-state index is 12.4. The fourth-order valence-electron chi connectivity index (χ4n) is 10.1. The molecule has 0 N–H and O–H groups in total. The van der Waals surface area contributed by atoms with Crippen LogP contribution in [0.2, 0.25) is 0 Å². The topological polar surface area (TPSA) is 116 Å². The Kier molecular flexibility index (Phi) is 10.7. The third-order valence-electron chi connectivity index (χ3n) is 11.6. The number of hydrogen-bond acceptors (Lipinski definition) is 8. The van der Waals surface area contributed by atoms with Gasteiger partial charge in [-0.25, -0.2) is 0 Å². The summed E-state index contributed by atoms with van der Waals surface area (Å²) in [5, 5.41) is 0. The summed E-state index contributed by atoms with van der Waals surface area (Å²) < 4.78 is 17.6. The lowest BCUT2D eigenvalue weighted by atomic mass is 9.51. The monoisotopic (exact) mass is 615 g/mol. The van der Waals surface area contributed by atoms with Crippen LogP contribution in [0.25, 0.3) is 0 Å². The van der Waals surface area contributed by atoms with E-state index in [1.807, 2.05) is 6.92 Å². The summed E-state index contributed by atoms with van der Waals surface area (Å²) in [6.07, 6.45) is 9.30. The molecule has 4 rings (SSSR count). The zero-order valence-electron chi connectivity index (χ0n) is 27.9. The highest BCUT2D eigenvalue weighted by molar-refractivity contribution is 5.93. The van der Waals surface area contributed by atoms with Crippen molar-refractivity contribution in [3.63, 3.8) is 0 Å². The van der Waals surface area contributed by atoms with Crippen LogP contribution in [0.1, 0.15) is 113 Å². The van der Waals surface area contributed by atoms with Crippen LogP contribution in [-0.4, -0.2) is 59.0 Å². The molecule has 0 spiro atoms. The molecule has 4 aliphatic carbocycles. The van der Waals surface area contributed by atoms with Crippen molar-refractivity contribution < 1.29 is 38.2 Å². The van der Waals surface area contributed by atoms with Crippen molar-refractivity contribution in [2.75, 3.05) is 0 Å². The number of carbonyl (C=O) groups excluding carboxylic acids is 5. The Morgan fingerprint density at radius 3 is 2.14 bits per heavy atom. The predicted octanol–water partition coefficient (Wildman–Crippen LogP) is 5.78.